The van der Waals surface area contributed by atoms with Gasteiger partial charge in [-0.25, -0.2) is 0 Å². The van der Waals surface area contributed by atoms with Crippen molar-refractivity contribution in [2.75, 3.05) is 19.6 Å². The Kier molecular flexibility index (Phi) is 6.63. The lowest BCUT2D eigenvalue weighted by Gasteiger charge is -2.33. The normalized spacial score (nSPS) is 18.6. The highest BCUT2D eigenvalue weighted by molar-refractivity contribution is 5.95. The summed E-state index contributed by atoms with van der Waals surface area (Å²) in [5, 5.41) is 3.12. The van der Waals surface area contributed by atoms with Crippen LogP contribution in [0.4, 0.5) is 0 Å². The summed E-state index contributed by atoms with van der Waals surface area (Å²) in [4.78, 5) is 19.0. The van der Waals surface area contributed by atoms with Crippen LogP contribution in [0.2, 0.25) is 0 Å². The molecule has 3 aromatic rings. The van der Waals surface area contributed by atoms with Crippen molar-refractivity contribution in [1.82, 2.24) is 15.2 Å². The molecule has 172 valence electrons. The molecule has 2 aliphatic rings. The molecule has 4 nitrogen and oxygen atoms in total. The molecule has 0 radical (unpaired) electrons. The van der Waals surface area contributed by atoms with E-state index in [1.54, 1.807) is 0 Å². The van der Waals surface area contributed by atoms with Crippen molar-refractivity contribution in [3.63, 3.8) is 0 Å². The summed E-state index contributed by atoms with van der Waals surface area (Å²) < 4.78 is 0. The monoisotopic (exact) mass is 441 g/mol. The molecule has 1 aliphatic heterocycles. The highest BCUT2D eigenvalue weighted by Crippen LogP contribution is 2.39. The molecule has 1 saturated heterocycles. The van der Waals surface area contributed by atoms with Crippen LogP contribution >= 0.6 is 0 Å². The van der Waals surface area contributed by atoms with Gasteiger partial charge in [0, 0.05) is 36.0 Å². The maximum atomic E-state index is 12.8. The average Bonchev–Trinajstić information content (AvgIpc) is 3.25. The number of hydrogen-bond donors (Lipinski definition) is 2. The van der Waals surface area contributed by atoms with Gasteiger partial charge in [0.15, 0.2) is 0 Å². The van der Waals surface area contributed by atoms with E-state index in [0.29, 0.717) is 12.6 Å². The number of nitrogens with one attached hydrogen (secondary N) is 2. The molecular formula is C29H35N3O. The Labute approximate surface area is 197 Å². The number of fused-ring (bicyclic) bond motifs is 1. The Morgan fingerprint density at radius 2 is 1.76 bits per heavy atom. The zero-order valence-electron chi connectivity index (χ0n) is 19.7. The van der Waals surface area contributed by atoms with Gasteiger partial charge in [-0.2, -0.15) is 0 Å². The van der Waals surface area contributed by atoms with Crippen LogP contribution in [0.15, 0.2) is 54.6 Å². The van der Waals surface area contributed by atoms with E-state index in [4.69, 9.17) is 0 Å². The van der Waals surface area contributed by atoms with E-state index >= 15 is 0 Å². The molecule has 0 saturated carbocycles. The minimum Gasteiger partial charge on any atom is -0.358 e. The summed E-state index contributed by atoms with van der Waals surface area (Å²) in [7, 11) is 0. The molecule has 4 heteroatoms. The molecular weight excluding hydrogens is 406 g/mol. The number of carbonyl (C=O) groups is 1. The highest BCUT2D eigenvalue weighted by atomic mass is 16.1. The fourth-order valence-corrected chi connectivity index (χ4v) is 5.52. The van der Waals surface area contributed by atoms with Crippen LogP contribution in [0.1, 0.15) is 60.6 Å². The van der Waals surface area contributed by atoms with Crippen LogP contribution in [0.25, 0.3) is 22.4 Å². The first kappa shape index (κ1) is 22.0. The van der Waals surface area contributed by atoms with Crippen molar-refractivity contribution in [2.45, 2.75) is 57.9 Å². The second kappa shape index (κ2) is 9.96. The Balaban J connectivity index is 1.32. The van der Waals surface area contributed by atoms with Gasteiger partial charge >= 0.3 is 0 Å². The number of hydrogen-bond acceptors (Lipinski definition) is 2. The number of piperidine rings is 1. The largest absolute Gasteiger partial charge is 0.358 e. The van der Waals surface area contributed by atoms with Crippen molar-refractivity contribution in [1.29, 1.82) is 0 Å². The first-order chi connectivity index (χ1) is 16.2. The first-order valence-corrected chi connectivity index (χ1v) is 12.6. The van der Waals surface area contributed by atoms with Gasteiger partial charge in [0.2, 0.25) is 0 Å². The van der Waals surface area contributed by atoms with E-state index in [-0.39, 0.29) is 5.91 Å². The molecule has 0 spiro atoms. The lowest BCUT2D eigenvalue weighted by atomic mass is 9.90. The average molecular weight is 442 g/mol. The van der Waals surface area contributed by atoms with Crippen molar-refractivity contribution in [3.8, 4) is 22.4 Å². The summed E-state index contributed by atoms with van der Waals surface area (Å²) in [6.45, 7) is 5.08. The Morgan fingerprint density at radius 1 is 0.970 bits per heavy atom. The van der Waals surface area contributed by atoms with E-state index in [2.05, 4.69) is 64.6 Å². The van der Waals surface area contributed by atoms with Gasteiger partial charge in [-0.05, 0) is 80.8 Å². The number of H-pyrrole nitrogens is 1. The number of likely N-dealkylation sites (tertiary alicyclic amines) is 1. The van der Waals surface area contributed by atoms with E-state index in [1.165, 1.54) is 65.7 Å². The fourth-order valence-electron chi connectivity index (χ4n) is 5.52. The summed E-state index contributed by atoms with van der Waals surface area (Å²) in [6.07, 6.45) is 8.58. The molecule has 2 N–H and O–H groups in total. The van der Waals surface area contributed by atoms with Gasteiger partial charge in [-0.1, -0.05) is 48.9 Å². The molecule has 1 fully saturated rings. The summed E-state index contributed by atoms with van der Waals surface area (Å²) in [5.41, 5.74) is 8.48. The van der Waals surface area contributed by atoms with Crippen LogP contribution < -0.4 is 5.32 Å². The minimum absolute atomic E-state index is 0.0191. The molecule has 33 heavy (non-hydrogen) atoms. The van der Waals surface area contributed by atoms with Crippen molar-refractivity contribution < 1.29 is 4.79 Å². The van der Waals surface area contributed by atoms with Crippen molar-refractivity contribution >= 4 is 5.91 Å². The zero-order chi connectivity index (χ0) is 22.6. The van der Waals surface area contributed by atoms with Crippen molar-refractivity contribution in [2.24, 2.45) is 0 Å². The van der Waals surface area contributed by atoms with Crippen LogP contribution in [-0.2, 0) is 12.8 Å². The second-order valence-electron chi connectivity index (χ2n) is 9.62. The molecule has 1 unspecified atom stereocenters. The smallest absolute Gasteiger partial charge is 0.251 e. The molecule has 1 atom stereocenters. The van der Waals surface area contributed by atoms with E-state index in [1.807, 2.05) is 12.1 Å². The maximum absolute atomic E-state index is 12.8. The third kappa shape index (κ3) is 4.77. The Hall–Kier alpha value is -2.85. The Morgan fingerprint density at radius 3 is 2.55 bits per heavy atom. The Bertz CT molecular complexity index is 1080. The standard InChI is InChI=1S/C29H35N3O/c1-21-9-7-8-19-32(21)20-18-30-29(33)24-16-14-22(15-17-24)27-25-12-5-6-13-26(25)31-28(27)23-10-3-2-4-11-23/h2-4,10-11,14-17,21,31H,5-9,12-13,18-20H2,1H3,(H,30,33). The first-order valence-electron chi connectivity index (χ1n) is 12.6. The molecule has 2 aromatic carbocycles. The molecule has 1 amide bonds. The molecule has 1 aromatic heterocycles. The number of aromatic amines is 1. The maximum Gasteiger partial charge on any atom is 0.251 e. The lowest BCUT2D eigenvalue weighted by molar-refractivity contribution is 0.0938. The van der Waals surface area contributed by atoms with E-state index in [9.17, 15) is 4.79 Å². The number of amides is 1. The third-order valence-corrected chi connectivity index (χ3v) is 7.42. The van der Waals surface area contributed by atoms with Gasteiger partial charge in [0.05, 0.1) is 5.69 Å². The zero-order valence-corrected chi connectivity index (χ0v) is 19.7. The SMILES string of the molecule is CC1CCCCN1CCNC(=O)c1ccc(-c2c(-c3ccccc3)[nH]c3c2CCCC3)cc1. The van der Waals surface area contributed by atoms with E-state index < -0.39 is 0 Å². The number of rotatable bonds is 6. The molecule has 2 heterocycles. The fraction of sp³-hybridized carbons (Fsp3) is 0.414. The number of carbonyl (C=O) groups excluding carboxylic acids is 1. The van der Waals surface area contributed by atoms with Gasteiger partial charge in [-0.15, -0.1) is 0 Å². The van der Waals surface area contributed by atoms with Crippen LogP contribution in [0, 0.1) is 0 Å². The van der Waals surface area contributed by atoms with Crippen LogP contribution in [0.5, 0.6) is 0 Å². The van der Waals surface area contributed by atoms with Crippen molar-refractivity contribution in [3.05, 3.63) is 71.4 Å². The molecule has 0 bridgehead atoms. The summed E-state index contributed by atoms with van der Waals surface area (Å²) >= 11 is 0. The number of aromatic nitrogens is 1. The van der Waals surface area contributed by atoms with Crippen LogP contribution in [0.3, 0.4) is 0 Å². The number of nitrogens with zero attached hydrogens (tertiary/aromatic N) is 1. The lowest BCUT2D eigenvalue weighted by Crippen LogP contribution is -2.42. The minimum atomic E-state index is 0.0191. The predicted octanol–water partition coefficient (Wildman–Crippen LogP) is 5.83. The topological polar surface area (TPSA) is 48.1 Å². The number of aryl methyl sites for hydroxylation is 1. The highest BCUT2D eigenvalue weighted by Gasteiger charge is 2.22. The summed E-state index contributed by atoms with van der Waals surface area (Å²) in [5.74, 6) is 0.0191. The van der Waals surface area contributed by atoms with E-state index in [0.717, 1.165) is 31.5 Å². The predicted molar refractivity (Wildman–Crippen MR) is 136 cm³/mol. The van der Waals surface area contributed by atoms with Gasteiger partial charge in [-0.3, -0.25) is 9.69 Å². The quantitative estimate of drug-likeness (QED) is 0.505. The van der Waals surface area contributed by atoms with Gasteiger partial charge in [0.1, 0.15) is 0 Å². The third-order valence-electron chi connectivity index (χ3n) is 7.42. The van der Waals surface area contributed by atoms with Gasteiger partial charge < -0.3 is 10.3 Å². The number of benzene rings is 2. The summed E-state index contributed by atoms with van der Waals surface area (Å²) in [6, 6.07) is 19.4. The van der Waals surface area contributed by atoms with Crippen LogP contribution in [-0.4, -0.2) is 41.5 Å². The molecule has 1 aliphatic carbocycles. The molecule has 5 rings (SSSR count). The second-order valence-corrected chi connectivity index (χ2v) is 9.62. The van der Waals surface area contributed by atoms with Gasteiger partial charge in [0.25, 0.3) is 5.91 Å².